The smallest absolute Gasteiger partial charge is 0.187 e. The van der Waals surface area contributed by atoms with Gasteiger partial charge in [-0.1, -0.05) is 82.3 Å². The van der Waals surface area contributed by atoms with Gasteiger partial charge in [0.05, 0.1) is 0 Å². The van der Waals surface area contributed by atoms with Crippen LogP contribution in [0.3, 0.4) is 0 Å². The Kier molecular flexibility index (Phi) is 12.9. The molecule has 0 atom stereocenters. The molecule has 0 heterocycles. The first kappa shape index (κ1) is 29.7. The van der Waals surface area contributed by atoms with Gasteiger partial charge in [-0.3, -0.25) is 9.59 Å². The van der Waals surface area contributed by atoms with Crippen LogP contribution in [0.1, 0.15) is 11.1 Å². The molecular weight excluding hydrogens is 578 g/mol. The van der Waals surface area contributed by atoms with Crippen molar-refractivity contribution in [3.8, 4) is 0 Å². The molecule has 2 aliphatic carbocycles. The summed E-state index contributed by atoms with van der Waals surface area (Å²) in [5.41, 5.74) is 3.55. The normalized spacial score (nSPS) is 16.7. The molecule has 36 heavy (non-hydrogen) atoms. The van der Waals surface area contributed by atoms with Gasteiger partial charge < -0.3 is 10.6 Å². The van der Waals surface area contributed by atoms with Gasteiger partial charge in [0, 0.05) is 79.4 Å². The molecule has 0 unspecified atom stereocenters. The molecule has 0 spiro atoms. The van der Waals surface area contributed by atoms with Crippen LogP contribution in [0, 0.1) is 0 Å². The maximum absolute atomic E-state index is 12.2. The summed E-state index contributed by atoms with van der Waals surface area (Å²) < 4.78 is 0. The van der Waals surface area contributed by atoms with Crippen LogP contribution in [0.2, 0.25) is 0 Å². The van der Waals surface area contributed by atoms with Crippen molar-refractivity contribution < 1.29 is 42.6 Å². The van der Waals surface area contributed by atoms with E-state index in [0.717, 1.165) is 20.9 Å². The van der Waals surface area contributed by atoms with Crippen molar-refractivity contribution in [3.05, 3.63) is 142 Å². The van der Waals surface area contributed by atoms with E-state index < -0.39 is 0 Å². The largest absolute Gasteiger partial charge is 0.386 e. The third-order valence-corrected chi connectivity index (χ3v) is 7.39. The minimum Gasteiger partial charge on any atom is -0.386 e. The maximum Gasteiger partial charge on any atom is 0.187 e. The fraction of sp³-hybridized carbons (Fsp3) is 0.0714. The molecular formula is C28H24N2Ni2O2S2. The molecule has 0 amide bonds. The molecule has 4 nitrogen and oxygen atoms in total. The first-order valence-corrected chi connectivity index (χ1v) is 13.0. The Morgan fingerprint density at radius 2 is 0.972 bits per heavy atom. The molecule has 0 radical (unpaired) electrons. The molecule has 0 aliphatic heterocycles. The van der Waals surface area contributed by atoms with Crippen molar-refractivity contribution in [1.29, 1.82) is 0 Å². The summed E-state index contributed by atoms with van der Waals surface area (Å²) in [6, 6.07) is 20.1. The summed E-state index contributed by atoms with van der Waals surface area (Å²) in [5.74, 6) is -0.0426. The minimum absolute atomic E-state index is 0. The third-order valence-electron chi connectivity index (χ3n) is 5.01. The number of benzene rings is 2. The van der Waals surface area contributed by atoms with Gasteiger partial charge in [0.1, 0.15) is 0 Å². The zero-order valence-electron chi connectivity index (χ0n) is 19.1. The van der Waals surface area contributed by atoms with Crippen molar-refractivity contribution >= 4 is 33.2 Å². The zero-order valence-corrected chi connectivity index (χ0v) is 22.7. The molecule has 0 aromatic heterocycles. The van der Waals surface area contributed by atoms with Crippen LogP contribution >= 0.6 is 21.6 Å². The number of allylic oxidation sites excluding steroid dienone is 8. The molecule has 2 N–H and O–H groups in total. The summed E-state index contributed by atoms with van der Waals surface area (Å²) in [4.78, 5) is 26.4. The fourth-order valence-electron chi connectivity index (χ4n) is 3.23. The van der Waals surface area contributed by atoms with Gasteiger partial charge in [-0.05, 0) is 47.6 Å². The number of ketones is 2. The number of nitrogens with one attached hydrogen (secondary N) is 2. The number of hydrogen-bond donors (Lipinski definition) is 2. The SMILES string of the molecule is O=C1C=CC(SSC2=CC(=CNCc3ccccc3)C(=O)C=C2)=CC1=CNCc1ccccc1.[Ni].[Ni]. The number of carbonyl (C=O) groups is 2. The van der Waals surface area contributed by atoms with E-state index in [1.807, 2.05) is 85.0 Å². The molecule has 190 valence electrons. The van der Waals surface area contributed by atoms with E-state index in [-0.39, 0.29) is 44.5 Å². The van der Waals surface area contributed by atoms with Crippen molar-refractivity contribution in [2.75, 3.05) is 0 Å². The molecule has 0 saturated heterocycles. The van der Waals surface area contributed by atoms with Gasteiger partial charge in [0.25, 0.3) is 0 Å². The first-order chi connectivity index (χ1) is 16.7. The van der Waals surface area contributed by atoms with E-state index >= 15 is 0 Å². The number of hydrogen-bond acceptors (Lipinski definition) is 6. The van der Waals surface area contributed by atoms with E-state index in [4.69, 9.17) is 0 Å². The molecule has 4 rings (SSSR count). The van der Waals surface area contributed by atoms with E-state index in [9.17, 15) is 9.59 Å². The molecule has 2 aliphatic rings. The van der Waals surface area contributed by atoms with Gasteiger partial charge in [-0.15, -0.1) is 0 Å². The van der Waals surface area contributed by atoms with E-state index in [1.165, 1.54) is 0 Å². The van der Waals surface area contributed by atoms with Gasteiger partial charge in [-0.2, -0.15) is 0 Å². The zero-order chi connectivity index (χ0) is 23.6. The summed E-state index contributed by atoms with van der Waals surface area (Å²) in [5, 5.41) is 6.44. The van der Waals surface area contributed by atoms with Crippen molar-refractivity contribution in [1.82, 2.24) is 10.6 Å². The predicted octanol–water partition coefficient (Wildman–Crippen LogP) is 5.76. The molecule has 8 heteroatoms. The maximum atomic E-state index is 12.2. The van der Waals surface area contributed by atoms with E-state index in [1.54, 1.807) is 46.1 Å². The summed E-state index contributed by atoms with van der Waals surface area (Å²) >= 11 is 0. The van der Waals surface area contributed by atoms with Gasteiger partial charge in [0.15, 0.2) is 11.6 Å². The van der Waals surface area contributed by atoms with Crippen LogP contribution < -0.4 is 10.6 Å². The van der Waals surface area contributed by atoms with Crippen LogP contribution in [0.15, 0.2) is 130 Å². The van der Waals surface area contributed by atoms with Crippen molar-refractivity contribution in [3.63, 3.8) is 0 Å². The van der Waals surface area contributed by atoms with Gasteiger partial charge in [0.2, 0.25) is 0 Å². The second kappa shape index (κ2) is 15.6. The minimum atomic E-state index is -0.0213. The Balaban J connectivity index is 0.00000228. The van der Waals surface area contributed by atoms with Crippen LogP contribution in [0.25, 0.3) is 0 Å². The Morgan fingerprint density at radius 1 is 0.583 bits per heavy atom. The topological polar surface area (TPSA) is 58.2 Å². The second-order valence-corrected chi connectivity index (χ2v) is 9.86. The Morgan fingerprint density at radius 3 is 1.36 bits per heavy atom. The molecule has 0 saturated carbocycles. The molecule has 2 aromatic rings. The molecule has 0 bridgehead atoms. The Labute approximate surface area is 239 Å². The summed E-state index contributed by atoms with van der Waals surface area (Å²) in [7, 11) is 3.11. The van der Waals surface area contributed by atoms with Gasteiger partial charge >= 0.3 is 0 Å². The number of rotatable bonds is 9. The van der Waals surface area contributed by atoms with Crippen LogP contribution in [0.5, 0.6) is 0 Å². The summed E-state index contributed by atoms with van der Waals surface area (Å²) in [6.07, 6.45) is 14.1. The van der Waals surface area contributed by atoms with Crippen LogP contribution in [0.4, 0.5) is 0 Å². The Bertz CT molecular complexity index is 1140. The average molecular weight is 602 g/mol. The summed E-state index contributed by atoms with van der Waals surface area (Å²) in [6.45, 7) is 1.32. The molecule has 2 aromatic carbocycles. The van der Waals surface area contributed by atoms with Crippen LogP contribution in [-0.4, -0.2) is 11.6 Å². The number of carbonyl (C=O) groups excluding carboxylic acids is 2. The van der Waals surface area contributed by atoms with E-state index in [2.05, 4.69) is 10.6 Å². The second-order valence-electron chi connectivity index (χ2n) is 7.59. The monoisotopic (exact) mass is 600 g/mol. The molecule has 0 fully saturated rings. The predicted molar refractivity (Wildman–Crippen MR) is 142 cm³/mol. The van der Waals surface area contributed by atoms with Crippen molar-refractivity contribution in [2.24, 2.45) is 0 Å². The van der Waals surface area contributed by atoms with Gasteiger partial charge in [-0.25, -0.2) is 0 Å². The van der Waals surface area contributed by atoms with E-state index in [0.29, 0.717) is 24.2 Å². The van der Waals surface area contributed by atoms with Crippen LogP contribution in [-0.2, 0) is 55.7 Å². The fourth-order valence-corrected chi connectivity index (χ4v) is 5.22. The third kappa shape index (κ3) is 9.18. The standard InChI is InChI=1S/C28H24N2O2S2.2Ni/c31-27-13-11-25(15-23(27)19-29-17-21-7-3-1-4-8-21)33-34-26-12-14-28(32)24(16-26)20-30-18-22-9-5-2-6-10-22;;/h1-16,19-20,29-30H,17-18H2;;. The quantitative estimate of drug-likeness (QED) is 0.217. The Hall–Kier alpha value is -2.49. The van der Waals surface area contributed by atoms with Crippen molar-refractivity contribution in [2.45, 2.75) is 13.1 Å². The first-order valence-electron chi connectivity index (χ1n) is 10.8. The average Bonchev–Trinajstić information content (AvgIpc) is 2.87.